The summed E-state index contributed by atoms with van der Waals surface area (Å²) in [4.78, 5) is 10.3. The third-order valence-electron chi connectivity index (χ3n) is 0.658. The fourth-order valence-electron chi connectivity index (χ4n) is 0.242. The number of carbonyl (C=O) groups excluding carboxylic acids is 1. The SMILES string of the molecule is CCC(=O)OCS(=O)(=O)O.[CaH2]. The molecule has 0 aromatic carbocycles. The normalized spacial score (nSPS) is 10.0. The van der Waals surface area contributed by atoms with Gasteiger partial charge in [-0.15, -0.1) is 0 Å². The molecule has 0 aliphatic carbocycles. The van der Waals surface area contributed by atoms with Crippen LogP contribution in [0.4, 0.5) is 0 Å². The van der Waals surface area contributed by atoms with Gasteiger partial charge in [0.2, 0.25) is 5.94 Å². The van der Waals surface area contributed by atoms with Crippen molar-refractivity contribution in [1.29, 1.82) is 0 Å². The molecule has 0 amide bonds. The fourth-order valence-corrected chi connectivity index (χ4v) is 0.523. The van der Waals surface area contributed by atoms with E-state index in [0.29, 0.717) is 0 Å². The third-order valence-corrected chi connectivity index (χ3v) is 1.07. The van der Waals surface area contributed by atoms with E-state index in [1.165, 1.54) is 6.92 Å². The summed E-state index contributed by atoms with van der Waals surface area (Å²) in [5, 5.41) is 0. The summed E-state index contributed by atoms with van der Waals surface area (Å²) in [6, 6.07) is 0. The van der Waals surface area contributed by atoms with Crippen LogP contribution in [0.5, 0.6) is 0 Å². The monoisotopic (exact) mass is 210 g/mol. The topological polar surface area (TPSA) is 80.7 Å². The van der Waals surface area contributed by atoms with Gasteiger partial charge >= 0.3 is 53.8 Å². The molecule has 0 bridgehead atoms. The summed E-state index contributed by atoms with van der Waals surface area (Å²) in [6.45, 7) is 1.52. The zero-order chi connectivity index (χ0) is 8.20. The van der Waals surface area contributed by atoms with E-state index in [0.717, 1.165) is 0 Å². The van der Waals surface area contributed by atoms with Crippen molar-refractivity contribution < 1.29 is 22.5 Å². The summed E-state index contributed by atoms with van der Waals surface area (Å²) >= 11 is 0. The van der Waals surface area contributed by atoms with Crippen molar-refractivity contribution in [3.8, 4) is 0 Å². The Kier molecular flexibility index (Phi) is 7.98. The first-order valence-electron chi connectivity index (χ1n) is 2.56. The Morgan fingerprint density at radius 2 is 2.00 bits per heavy atom. The van der Waals surface area contributed by atoms with Crippen LogP contribution in [-0.4, -0.2) is 62.6 Å². The second-order valence-corrected chi connectivity index (χ2v) is 2.97. The first-order valence-corrected chi connectivity index (χ1v) is 4.17. The first-order chi connectivity index (χ1) is 4.45. The fraction of sp³-hybridized carbons (Fsp3) is 0.750. The molecule has 0 radical (unpaired) electrons. The summed E-state index contributed by atoms with van der Waals surface area (Å²) < 4.78 is 32.0. The van der Waals surface area contributed by atoms with E-state index < -0.39 is 22.0 Å². The van der Waals surface area contributed by atoms with Crippen LogP contribution in [0.25, 0.3) is 0 Å². The molecule has 0 fully saturated rings. The Bertz CT molecular complexity index is 209. The Balaban J connectivity index is 0. The molecule has 0 aromatic heterocycles. The summed E-state index contributed by atoms with van der Waals surface area (Å²) in [7, 11) is -4.17. The van der Waals surface area contributed by atoms with Crippen LogP contribution in [0.1, 0.15) is 13.3 Å². The van der Waals surface area contributed by atoms with Gasteiger partial charge in [-0.3, -0.25) is 9.35 Å². The molecule has 0 atom stereocenters. The minimum absolute atomic E-state index is 0. The molecular weight excluding hydrogens is 200 g/mol. The summed E-state index contributed by atoms with van der Waals surface area (Å²) in [6.07, 6.45) is 0.0928. The third kappa shape index (κ3) is 10.6. The first kappa shape index (κ1) is 14.2. The van der Waals surface area contributed by atoms with Crippen molar-refractivity contribution in [2.24, 2.45) is 0 Å². The minimum atomic E-state index is -4.17. The molecule has 0 rings (SSSR count). The van der Waals surface area contributed by atoms with Crippen molar-refractivity contribution in [2.75, 3.05) is 5.94 Å². The summed E-state index contributed by atoms with van der Waals surface area (Å²) in [5.74, 6) is -1.61. The van der Waals surface area contributed by atoms with Gasteiger partial charge in [-0.25, -0.2) is 0 Å². The number of hydrogen-bond donors (Lipinski definition) is 1. The van der Waals surface area contributed by atoms with Gasteiger partial charge in [-0.05, 0) is 0 Å². The van der Waals surface area contributed by atoms with Crippen LogP contribution in [0, 0.1) is 0 Å². The van der Waals surface area contributed by atoms with Crippen LogP contribution >= 0.6 is 0 Å². The van der Waals surface area contributed by atoms with Crippen LogP contribution < -0.4 is 0 Å². The van der Waals surface area contributed by atoms with Crippen molar-refractivity contribution >= 4 is 53.8 Å². The van der Waals surface area contributed by atoms with Crippen molar-refractivity contribution in [2.45, 2.75) is 13.3 Å². The van der Waals surface area contributed by atoms with E-state index in [1.54, 1.807) is 0 Å². The zero-order valence-electron chi connectivity index (χ0n) is 5.40. The van der Waals surface area contributed by atoms with Gasteiger partial charge < -0.3 is 4.74 Å². The van der Waals surface area contributed by atoms with E-state index in [-0.39, 0.29) is 44.2 Å². The van der Waals surface area contributed by atoms with Gasteiger partial charge in [0.25, 0.3) is 0 Å². The molecule has 0 aliphatic rings. The number of rotatable bonds is 3. The van der Waals surface area contributed by atoms with Crippen molar-refractivity contribution in [3.63, 3.8) is 0 Å². The number of hydrogen-bond acceptors (Lipinski definition) is 4. The number of carbonyl (C=O) groups is 1. The van der Waals surface area contributed by atoms with E-state index >= 15 is 0 Å². The molecular formula is C4H10CaO5S. The average Bonchev–Trinajstić information content (AvgIpc) is 1.81. The Morgan fingerprint density at radius 1 is 1.55 bits per heavy atom. The van der Waals surface area contributed by atoms with Crippen LogP contribution in [-0.2, 0) is 19.6 Å². The van der Waals surface area contributed by atoms with Gasteiger partial charge in [-0.1, -0.05) is 6.92 Å². The molecule has 0 saturated heterocycles. The second kappa shape index (κ2) is 6.19. The van der Waals surface area contributed by atoms with E-state index in [1.807, 2.05) is 0 Å². The average molecular weight is 210 g/mol. The van der Waals surface area contributed by atoms with Gasteiger partial charge in [0.1, 0.15) is 0 Å². The Labute approximate surface area is 94.9 Å². The van der Waals surface area contributed by atoms with E-state index in [4.69, 9.17) is 4.55 Å². The van der Waals surface area contributed by atoms with Gasteiger partial charge in [-0.2, -0.15) is 8.42 Å². The standard InChI is InChI=1S/C4H8O5S.Ca.2H/c1-2-4(5)9-3-10(6,7)8;;;/h2-3H2,1H3,(H,6,7,8);;;. The molecule has 0 aromatic rings. The maximum absolute atomic E-state index is 10.3. The predicted octanol–water partition coefficient (Wildman–Crippen LogP) is -1.13. The summed E-state index contributed by atoms with van der Waals surface area (Å²) in [5.41, 5.74) is 0. The molecule has 0 unspecified atom stereocenters. The van der Waals surface area contributed by atoms with E-state index in [9.17, 15) is 13.2 Å². The molecule has 1 N–H and O–H groups in total. The van der Waals surface area contributed by atoms with Crippen LogP contribution in [0.3, 0.4) is 0 Å². The molecule has 7 heteroatoms. The zero-order valence-corrected chi connectivity index (χ0v) is 6.22. The molecule has 0 saturated carbocycles. The molecule has 11 heavy (non-hydrogen) atoms. The number of esters is 1. The van der Waals surface area contributed by atoms with Gasteiger partial charge in [0, 0.05) is 6.42 Å². The van der Waals surface area contributed by atoms with Crippen molar-refractivity contribution in [3.05, 3.63) is 0 Å². The van der Waals surface area contributed by atoms with Gasteiger partial charge in [0.15, 0.2) is 0 Å². The van der Waals surface area contributed by atoms with Crippen LogP contribution in [0.15, 0.2) is 0 Å². The number of ether oxygens (including phenoxy) is 1. The quantitative estimate of drug-likeness (QED) is 0.362. The molecule has 5 nitrogen and oxygen atoms in total. The molecule has 0 aliphatic heterocycles. The van der Waals surface area contributed by atoms with Crippen molar-refractivity contribution in [1.82, 2.24) is 0 Å². The molecule has 0 heterocycles. The second-order valence-electron chi connectivity index (χ2n) is 1.57. The van der Waals surface area contributed by atoms with Gasteiger partial charge in [0.05, 0.1) is 0 Å². The molecule has 0 spiro atoms. The van der Waals surface area contributed by atoms with E-state index in [2.05, 4.69) is 4.74 Å². The predicted molar refractivity (Wildman–Crippen MR) is 41.3 cm³/mol. The molecule has 64 valence electrons. The Morgan fingerprint density at radius 3 is 2.27 bits per heavy atom. The maximum atomic E-state index is 10.3. The van der Waals surface area contributed by atoms with Crippen LogP contribution in [0.2, 0.25) is 0 Å². The Hall–Kier alpha value is 0.640.